The number of rotatable bonds is 9. The molecule has 0 radical (unpaired) electrons. The zero-order chi connectivity index (χ0) is 26.7. The van der Waals surface area contributed by atoms with Crippen LogP contribution >= 0.6 is 11.3 Å². The maximum atomic E-state index is 13.5. The van der Waals surface area contributed by atoms with Crippen molar-refractivity contribution in [3.8, 4) is 11.3 Å². The number of nitrogens with one attached hydrogen (secondary N) is 2. The summed E-state index contributed by atoms with van der Waals surface area (Å²) in [5, 5.41) is 7.88. The fourth-order valence-electron chi connectivity index (χ4n) is 4.72. The van der Waals surface area contributed by atoms with Crippen LogP contribution in [0.5, 0.6) is 0 Å². The molecule has 0 bridgehead atoms. The number of aromatic nitrogens is 1. The third-order valence-corrected chi connectivity index (χ3v) is 9.08. The normalized spacial score (nSPS) is 15.0. The van der Waals surface area contributed by atoms with Crippen molar-refractivity contribution in [2.24, 2.45) is 0 Å². The van der Waals surface area contributed by atoms with E-state index in [2.05, 4.69) is 26.9 Å². The van der Waals surface area contributed by atoms with Crippen LogP contribution in [0.25, 0.3) is 22.0 Å². The first-order valence-electron chi connectivity index (χ1n) is 12.7. The van der Waals surface area contributed by atoms with E-state index in [0.717, 1.165) is 66.7 Å². The van der Waals surface area contributed by atoms with Gasteiger partial charge >= 0.3 is 0 Å². The van der Waals surface area contributed by atoms with Crippen molar-refractivity contribution in [2.75, 3.05) is 75.4 Å². The molecule has 10 heteroatoms. The zero-order valence-electron chi connectivity index (χ0n) is 22.0. The summed E-state index contributed by atoms with van der Waals surface area (Å²) < 4.78 is 29.7. The second-order valence-corrected chi connectivity index (χ2v) is 12.3. The molecule has 1 aliphatic heterocycles. The van der Waals surface area contributed by atoms with Crippen LogP contribution in [0, 0.1) is 0 Å². The highest BCUT2D eigenvalue weighted by Crippen LogP contribution is 2.32. The van der Waals surface area contributed by atoms with E-state index in [-0.39, 0.29) is 4.90 Å². The average Bonchev–Trinajstić information content (AvgIpc) is 3.38. The minimum absolute atomic E-state index is 0.254. The molecular formula is C28H34N6O2S2. The van der Waals surface area contributed by atoms with Gasteiger partial charge in [0, 0.05) is 86.5 Å². The van der Waals surface area contributed by atoms with Crippen molar-refractivity contribution in [2.45, 2.75) is 4.90 Å². The molecule has 2 N–H and O–H groups in total. The highest BCUT2D eigenvalue weighted by molar-refractivity contribution is 7.93. The Kier molecular flexibility index (Phi) is 7.85. The number of thiazole rings is 1. The Morgan fingerprint density at radius 3 is 2.50 bits per heavy atom. The summed E-state index contributed by atoms with van der Waals surface area (Å²) in [5.41, 5.74) is 3.15. The number of nitrogens with zero attached hydrogens (tertiary/aromatic N) is 4. The van der Waals surface area contributed by atoms with E-state index in [9.17, 15) is 8.42 Å². The van der Waals surface area contributed by atoms with Crippen molar-refractivity contribution in [1.29, 1.82) is 0 Å². The zero-order valence-corrected chi connectivity index (χ0v) is 23.6. The van der Waals surface area contributed by atoms with E-state index in [1.54, 1.807) is 29.5 Å². The van der Waals surface area contributed by atoms with Crippen molar-refractivity contribution in [1.82, 2.24) is 14.8 Å². The van der Waals surface area contributed by atoms with Crippen LogP contribution < -0.4 is 14.9 Å². The summed E-state index contributed by atoms with van der Waals surface area (Å²) >= 11 is 1.56. The Morgan fingerprint density at radius 2 is 1.71 bits per heavy atom. The molecule has 5 rings (SSSR count). The quantitative estimate of drug-likeness (QED) is 0.318. The molecule has 1 fully saturated rings. The van der Waals surface area contributed by atoms with E-state index >= 15 is 0 Å². The molecule has 0 saturated carbocycles. The number of hydrogen-bond acceptors (Lipinski definition) is 8. The smallest absolute Gasteiger partial charge is 0.262 e. The fourth-order valence-corrected chi connectivity index (χ4v) is 6.74. The second-order valence-electron chi connectivity index (χ2n) is 9.82. The van der Waals surface area contributed by atoms with Gasteiger partial charge in [0.15, 0.2) is 5.13 Å². The molecule has 2 heterocycles. The topological polar surface area (TPSA) is 80.8 Å². The summed E-state index contributed by atoms with van der Waals surface area (Å²) in [6, 6.07) is 18.5. The van der Waals surface area contributed by atoms with Gasteiger partial charge in [0.25, 0.3) is 10.0 Å². The fraction of sp³-hybridized carbons (Fsp3) is 0.321. The van der Waals surface area contributed by atoms with Crippen LogP contribution in [0.2, 0.25) is 0 Å². The maximum Gasteiger partial charge on any atom is 0.262 e. The molecular weight excluding hydrogens is 516 g/mol. The van der Waals surface area contributed by atoms with Crippen molar-refractivity contribution in [3.05, 3.63) is 66.0 Å². The van der Waals surface area contributed by atoms with Crippen LogP contribution in [0.1, 0.15) is 0 Å². The van der Waals surface area contributed by atoms with Crippen LogP contribution in [0.4, 0.5) is 16.5 Å². The lowest BCUT2D eigenvalue weighted by molar-refractivity contribution is 0.158. The van der Waals surface area contributed by atoms with Crippen molar-refractivity contribution in [3.63, 3.8) is 0 Å². The molecule has 0 atom stereocenters. The Hall–Kier alpha value is -3.18. The summed E-state index contributed by atoms with van der Waals surface area (Å²) in [4.78, 5) is 11.8. The molecule has 4 aromatic rings. The van der Waals surface area contributed by atoms with Gasteiger partial charge in [0.1, 0.15) is 0 Å². The monoisotopic (exact) mass is 550 g/mol. The predicted molar refractivity (Wildman–Crippen MR) is 159 cm³/mol. The van der Waals surface area contributed by atoms with Gasteiger partial charge in [0.05, 0.1) is 10.6 Å². The summed E-state index contributed by atoms with van der Waals surface area (Å²) in [6.07, 6.45) is 0. The second kappa shape index (κ2) is 11.3. The van der Waals surface area contributed by atoms with Gasteiger partial charge in [-0.25, -0.2) is 13.4 Å². The van der Waals surface area contributed by atoms with E-state index in [1.807, 2.05) is 66.8 Å². The molecule has 0 amide bonds. The number of hydrogen-bond donors (Lipinski definition) is 2. The lowest BCUT2D eigenvalue weighted by Crippen LogP contribution is -2.45. The third-order valence-electron chi connectivity index (χ3n) is 6.85. The first-order valence-corrected chi connectivity index (χ1v) is 15.1. The van der Waals surface area contributed by atoms with Gasteiger partial charge in [-0.15, -0.1) is 11.3 Å². The van der Waals surface area contributed by atoms with Gasteiger partial charge in [0.2, 0.25) is 0 Å². The van der Waals surface area contributed by atoms with E-state index in [0.29, 0.717) is 11.1 Å². The minimum atomic E-state index is -3.81. The lowest BCUT2D eigenvalue weighted by Gasteiger charge is -2.32. The molecule has 1 saturated heterocycles. The maximum absolute atomic E-state index is 13.5. The molecule has 200 valence electrons. The lowest BCUT2D eigenvalue weighted by atomic mass is 10.1. The van der Waals surface area contributed by atoms with Crippen molar-refractivity contribution >= 4 is 48.6 Å². The Bertz CT molecular complexity index is 1510. The number of benzene rings is 3. The van der Waals surface area contributed by atoms with Crippen LogP contribution in [0.15, 0.2) is 70.9 Å². The standard InChI is InChI=1S/C28H34N6O2S2/c1-32(2)26-11-5-10-24-23(26)9-6-12-27(24)38(35,36)31-22-8-4-7-21(19-22)25-20-37-28(30-25)29-13-14-34-17-15-33(3)16-18-34/h4-12,19-20,31H,13-18H2,1-3H3,(H,29,30). The number of sulfonamides is 1. The number of likely N-dealkylation sites (N-methyl/N-ethyl adjacent to an activating group) is 1. The number of fused-ring (bicyclic) bond motifs is 1. The van der Waals surface area contributed by atoms with Crippen LogP contribution in [-0.4, -0.2) is 83.6 Å². The Morgan fingerprint density at radius 1 is 0.974 bits per heavy atom. The number of anilines is 3. The first-order chi connectivity index (χ1) is 18.3. The summed E-state index contributed by atoms with van der Waals surface area (Å²) in [7, 11) is 2.26. The van der Waals surface area contributed by atoms with Gasteiger partial charge in [-0.3, -0.25) is 9.62 Å². The third kappa shape index (κ3) is 5.94. The van der Waals surface area contributed by atoms with Gasteiger partial charge in [-0.2, -0.15) is 0 Å². The summed E-state index contributed by atoms with van der Waals surface area (Å²) in [6.45, 7) is 6.25. The first kappa shape index (κ1) is 26.4. The minimum Gasteiger partial charge on any atom is -0.377 e. The average molecular weight is 551 g/mol. The molecule has 0 spiro atoms. The predicted octanol–water partition coefficient (Wildman–Crippen LogP) is 4.49. The highest BCUT2D eigenvalue weighted by atomic mass is 32.2. The van der Waals surface area contributed by atoms with Crippen LogP contribution in [0.3, 0.4) is 0 Å². The highest BCUT2D eigenvalue weighted by Gasteiger charge is 2.19. The SMILES string of the molecule is CN1CCN(CCNc2nc(-c3cccc(NS(=O)(=O)c4cccc5c(N(C)C)cccc45)c3)cs2)CC1. The Balaban J connectivity index is 1.29. The van der Waals surface area contributed by atoms with E-state index in [4.69, 9.17) is 4.98 Å². The molecule has 8 nitrogen and oxygen atoms in total. The van der Waals surface area contributed by atoms with Gasteiger partial charge in [-0.05, 0) is 31.3 Å². The van der Waals surface area contributed by atoms with Crippen molar-refractivity contribution < 1.29 is 8.42 Å². The molecule has 0 unspecified atom stereocenters. The molecule has 38 heavy (non-hydrogen) atoms. The van der Waals surface area contributed by atoms with E-state index in [1.165, 1.54) is 0 Å². The molecule has 1 aliphatic rings. The largest absolute Gasteiger partial charge is 0.377 e. The molecule has 1 aromatic heterocycles. The van der Waals surface area contributed by atoms with E-state index < -0.39 is 10.0 Å². The van der Waals surface area contributed by atoms with Crippen LogP contribution in [-0.2, 0) is 10.0 Å². The number of piperazine rings is 1. The molecule has 3 aromatic carbocycles. The molecule has 0 aliphatic carbocycles. The summed E-state index contributed by atoms with van der Waals surface area (Å²) in [5.74, 6) is 0. The van der Waals surface area contributed by atoms with Gasteiger partial charge < -0.3 is 15.1 Å². The Labute approximate surface area is 229 Å². The van der Waals surface area contributed by atoms with Gasteiger partial charge in [-0.1, -0.05) is 36.4 Å².